The van der Waals surface area contributed by atoms with Crippen LogP contribution >= 0.6 is 0 Å². The fourth-order valence-electron chi connectivity index (χ4n) is 3.20. The molecule has 1 saturated heterocycles. The quantitative estimate of drug-likeness (QED) is 0.765. The van der Waals surface area contributed by atoms with Gasteiger partial charge in [0, 0.05) is 19.6 Å². The minimum absolute atomic E-state index is 0.179. The number of alkyl halides is 3. The van der Waals surface area contributed by atoms with E-state index in [1.807, 2.05) is 35.4 Å². The summed E-state index contributed by atoms with van der Waals surface area (Å²) in [6.45, 7) is 2.93. The van der Waals surface area contributed by atoms with Gasteiger partial charge in [-0.05, 0) is 34.9 Å². The van der Waals surface area contributed by atoms with E-state index in [0.717, 1.165) is 36.3 Å². The number of rotatable bonds is 5. The first kappa shape index (κ1) is 18.8. The highest BCUT2D eigenvalue weighted by atomic mass is 19.4. The predicted octanol–water partition coefficient (Wildman–Crippen LogP) is 4.13. The van der Waals surface area contributed by atoms with Crippen LogP contribution in [0.5, 0.6) is 5.75 Å². The molecule has 8 heteroatoms. The van der Waals surface area contributed by atoms with Crippen LogP contribution in [0.25, 0.3) is 11.1 Å². The molecule has 0 aliphatic carbocycles. The minimum atomic E-state index is -4.69. The number of ether oxygens (including phenoxy) is 2. The number of hydrogen-bond donors (Lipinski definition) is 0. The molecule has 0 spiro atoms. The standard InChI is InChI=1S/C20H19F3N2O3/c21-20(22,23)28-18-8-6-17(7-9-18)16-4-2-15(3-5-16)14-27-25-12-11-24-10-1-13-26-19(24)25/h1-9,13,19H,10-12,14H2. The van der Waals surface area contributed by atoms with Gasteiger partial charge in [-0.2, -0.15) is 0 Å². The van der Waals surface area contributed by atoms with Crippen molar-refractivity contribution < 1.29 is 27.5 Å². The second-order valence-corrected chi connectivity index (χ2v) is 6.51. The van der Waals surface area contributed by atoms with Crippen molar-refractivity contribution in [1.29, 1.82) is 0 Å². The van der Waals surface area contributed by atoms with Crippen molar-refractivity contribution in [3.8, 4) is 16.9 Å². The summed E-state index contributed by atoms with van der Waals surface area (Å²) in [5.41, 5.74) is 2.69. The molecule has 148 valence electrons. The lowest BCUT2D eigenvalue weighted by Gasteiger charge is -2.30. The summed E-state index contributed by atoms with van der Waals surface area (Å²) in [4.78, 5) is 8.05. The van der Waals surface area contributed by atoms with Crippen LogP contribution in [0.3, 0.4) is 0 Å². The Bertz CT molecular complexity index is 822. The second kappa shape index (κ2) is 7.83. The van der Waals surface area contributed by atoms with Gasteiger partial charge in [-0.1, -0.05) is 36.4 Å². The van der Waals surface area contributed by atoms with Gasteiger partial charge in [0.05, 0.1) is 12.9 Å². The highest BCUT2D eigenvalue weighted by Gasteiger charge is 2.34. The fraction of sp³-hybridized carbons (Fsp3) is 0.300. The summed E-state index contributed by atoms with van der Waals surface area (Å²) in [5, 5.41) is 1.83. The van der Waals surface area contributed by atoms with Gasteiger partial charge in [0.15, 0.2) is 0 Å². The molecule has 4 rings (SSSR count). The molecule has 1 fully saturated rings. The van der Waals surface area contributed by atoms with Gasteiger partial charge >= 0.3 is 6.36 Å². The molecule has 2 aliphatic rings. The average Bonchev–Trinajstić information content (AvgIpc) is 3.09. The zero-order valence-electron chi connectivity index (χ0n) is 14.9. The molecule has 2 aliphatic heterocycles. The molecule has 0 amide bonds. The van der Waals surface area contributed by atoms with Crippen LogP contribution < -0.4 is 4.74 Å². The van der Waals surface area contributed by atoms with E-state index in [0.29, 0.717) is 6.61 Å². The molecule has 0 saturated carbocycles. The highest BCUT2D eigenvalue weighted by Crippen LogP contribution is 2.27. The average molecular weight is 392 g/mol. The van der Waals surface area contributed by atoms with Crippen molar-refractivity contribution in [3.05, 3.63) is 66.4 Å². The molecule has 0 radical (unpaired) electrons. The third-order valence-corrected chi connectivity index (χ3v) is 4.57. The summed E-state index contributed by atoms with van der Waals surface area (Å²) in [6.07, 6.45) is -1.20. The number of hydroxylamine groups is 2. The van der Waals surface area contributed by atoms with Gasteiger partial charge in [0.1, 0.15) is 5.75 Å². The summed E-state index contributed by atoms with van der Waals surface area (Å²) in [6, 6.07) is 13.5. The van der Waals surface area contributed by atoms with Gasteiger partial charge in [-0.25, -0.2) is 4.90 Å². The number of fused-ring (bicyclic) bond motifs is 1. The van der Waals surface area contributed by atoms with Crippen LogP contribution in [0.4, 0.5) is 13.2 Å². The van der Waals surface area contributed by atoms with Gasteiger partial charge in [-0.15, -0.1) is 18.2 Å². The third kappa shape index (κ3) is 4.46. The Morgan fingerprint density at radius 1 is 0.964 bits per heavy atom. The van der Waals surface area contributed by atoms with Crippen molar-refractivity contribution in [2.45, 2.75) is 19.3 Å². The van der Waals surface area contributed by atoms with E-state index in [4.69, 9.17) is 9.57 Å². The fourth-order valence-corrected chi connectivity index (χ4v) is 3.20. The van der Waals surface area contributed by atoms with Crippen molar-refractivity contribution in [1.82, 2.24) is 9.96 Å². The molecule has 1 unspecified atom stereocenters. The first-order valence-electron chi connectivity index (χ1n) is 8.87. The molecule has 0 bridgehead atoms. The number of halogens is 3. The number of benzene rings is 2. The Balaban J connectivity index is 1.34. The Hall–Kier alpha value is -2.55. The van der Waals surface area contributed by atoms with Crippen molar-refractivity contribution in [2.75, 3.05) is 19.6 Å². The van der Waals surface area contributed by atoms with Crippen molar-refractivity contribution in [3.63, 3.8) is 0 Å². The monoisotopic (exact) mass is 392 g/mol. The number of hydrogen-bond acceptors (Lipinski definition) is 5. The molecule has 2 aromatic rings. The lowest BCUT2D eigenvalue weighted by Crippen LogP contribution is -2.41. The molecular formula is C20H19F3N2O3. The summed E-state index contributed by atoms with van der Waals surface area (Å²) < 4.78 is 46.2. The SMILES string of the molecule is FC(F)(F)Oc1ccc(-c2ccc(CON3CCN4CC=COC43)cc2)cc1. The lowest BCUT2D eigenvalue weighted by atomic mass is 10.0. The van der Waals surface area contributed by atoms with Gasteiger partial charge in [0.25, 0.3) is 0 Å². The maximum absolute atomic E-state index is 12.2. The van der Waals surface area contributed by atoms with Crippen molar-refractivity contribution >= 4 is 0 Å². The Morgan fingerprint density at radius 2 is 1.64 bits per heavy atom. The van der Waals surface area contributed by atoms with Crippen molar-refractivity contribution in [2.24, 2.45) is 0 Å². The van der Waals surface area contributed by atoms with Crippen LogP contribution in [-0.4, -0.2) is 42.3 Å². The predicted molar refractivity (Wildman–Crippen MR) is 95.6 cm³/mol. The molecule has 0 aromatic heterocycles. The second-order valence-electron chi connectivity index (χ2n) is 6.51. The van der Waals surface area contributed by atoms with Crippen LogP contribution in [0, 0.1) is 0 Å². The first-order valence-corrected chi connectivity index (χ1v) is 8.87. The first-order chi connectivity index (χ1) is 13.5. The summed E-state index contributed by atoms with van der Waals surface area (Å²) in [7, 11) is 0. The highest BCUT2D eigenvalue weighted by molar-refractivity contribution is 5.64. The van der Waals surface area contributed by atoms with Crippen LogP contribution in [-0.2, 0) is 16.2 Å². The molecule has 28 heavy (non-hydrogen) atoms. The van der Waals surface area contributed by atoms with E-state index >= 15 is 0 Å². The molecule has 5 nitrogen and oxygen atoms in total. The molecule has 2 heterocycles. The van der Waals surface area contributed by atoms with Crippen LogP contribution in [0.1, 0.15) is 5.56 Å². The zero-order valence-corrected chi connectivity index (χ0v) is 14.9. The van der Waals surface area contributed by atoms with E-state index in [9.17, 15) is 13.2 Å². The van der Waals surface area contributed by atoms with Gasteiger partial charge < -0.3 is 9.47 Å². The maximum atomic E-state index is 12.2. The van der Waals surface area contributed by atoms with Gasteiger partial charge in [0.2, 0.25) is 6.35 Å². The van der Waals surface area contributed by atoms with Gasteiger partial charge in [-0.3, -0.25) is 4.84 Å². The Morgan fingerprint density at radius 3 is 2.32 bits per heavy atom. The zero-order chi connectivity index (χ0) is 19.6. The smallest absolute Gasteiger partial charge is 0.468 e. The molecular weight excluding hydrogens is 373 g/mol. The van der Waals surface area contributed by atoms with Crippen LogP contribution in [0.2, 0.25) is 0 Å². The largest absolute Gasteiger partial charge is 0.573 e. The minimum Gasteiger partial charge on any atom is -0.468 e. The topological polar surface area (TPSA) is 34.2 Å². The van der Waals surface area contributed by atoms with E-state index in [2.05, 4.69) is 9.64 Å². The normalized spacial score (nSPS) is 20.0. The third-order valence-electron chi connectivity index (χ3n) is 4.57. The van der Waals surface area contributed by atoms with E-state index in [-0.39, 0.29) is 12.1 Å². The maximum Gasteiger partial charge on any atom is 0.573 e. The Kier molecular flexibility index (Phi) is 5.25. The van der Waals surface area contributed by atoms with E-state index in [1.54, 1.807) is 18.4 Å². The van der Waals surface area contributed by atoms with E-state index in [1.165, 1.54) is 12.1 Å². The molecule has 2 aromatic carbocycles. The summed E-state index contributed by atoms with van der Waals surface area (Å²) >= 11 is 0. The molecule has 0 N–H and O–H groups in total. The lowest BCUT2D eigenvalue weighted by molar-refractivity contribution is -0.274. The Labute approximate surface area is 160 Å². The van der Waals surface area contributed by atoms with E-state index < -0.39 is 6.36 Å². The summed E-state index contributed by atoms with van der Waals surface area (Å²) in [5.74, 6) is -0.235. The van der Waals surface area contributed by atoms with Crippen LogP contribution in [0.15, 0.2) is 60.9 Å². The molecule has 1 atom stereocenters. The number of nitrogens with zero attached hydrogens (tertiary/aromatic N) is 2.